The summed E-state index contributed by atoms with van der Waals surface area (Å²) in [5, 5.41) is 4.01. The number of aryl methyl sites for hydroxylation is 2. The van der Waals surface area contributed by atoms with E-state index < -0.39 is 6.10 Å². The average molecular weight is 365 g/mol. The Kier molecular flexibility index (Phi) is 5.54. The van der Waals surface area contributed by atoms with Gasteiger partial charge >= 0.3 is 0 Å². The fourth-order valence-electron chi connectivity index (χ4n) is 2.74. The van der Waals surface area contributed by atoms with Crippen LogP contribution in [0.15, 0.2) is 53.1 Å². The predicted molar refractivity (Wildman–Crippen MR) is 102 cm³/mol. The number of likely N-dealkylation sites (N-methyl/N-ethyl adjacent to an activating group) is 1. The van der Waals surface area contributed by atoms with E-state index in [2.05, 4.69) is 10.1 Å². The fraction of sp³-hybridized carbons (Fsp3) is 0.286. The van der Waals surface area contributed by atoms with Crippen molar-refractivity contribution >= 4 is 5.91 Å². The Morgan fingerprint density at radius 3 is 2.70 bits per heavy atom. The average Bonchev–Trinajstić information content (AvgIpc) is 3.11. The Hall–Kier alpha value is -3.15. The molecule has 0 N–H and O–H groups in total. The first-order valence-electron chi connectivity index (χ1n) is 8.81. The van der Waals surface area contributed by atoms with Gasteiger partial charge in [-0.1, -0.05) is 47.1 Å². The van der Waals surface area contributed by atoms with Crippen molar-refractivity contribution in [1.29, 1.82) is 0 Å². The molecule has 27 heavy (non-hydrogen) atoms. The Bertz CT molecular complexity index is 936. The van der Waals surface area contributed by atoms with Crippen LogP contribution in [0.1, 0.15) is 23.9 Å². The van der Waals surface area contributed by atoms with Gasteiger partial charge in [0.15, 0.2) is 6.10 Å². The number of ether oxygens (including phenoxy) is 1. The normalized spacial score (nSPS) is 11.9. The molecule has 1 heterocycles. The maximum atomic E-state index is 12.6. The highest BCUT2D eigenvalue weighted by Gasteiger charge is 2.22. The molecule has 3 rings (SSSR count). The molecule has 0 aliphatic heterocycles. The van der Waals surface area contributed by atoms with Gasteiger partial charge in [0, 0.05) is 12.6 Å². The second-order valence-corrected chi connectivity index (χ2v) is 6.60. The van der Waals surface area contributed by atoms with Crippen LogP contribution in [0.4, 0.5) is 0 Å². The van der Waals surface area contributed by atoms with Crippen LogP contribution in [0.25, 0.3) is 11.4 Å². The molecule has 1 aromatic heterocycles. The first-order valence-corrected chi connectivity index (χ1v) is 8.81. The number of rotatable bonds is 6. The molecule has 6 nitrogen and oxygen atoms in total. The van der Waals surface area contributed by atoms with Gasteiger partial charge in [0.2, 0.25) is 11.7 Å². The molecular formula is C21H23N3O3. The van der Waals surface area contributed by atoms with Crippen molar-refractivity contribution in [3.8, 4) is 17.1 Å². The van der Waals surface area contributed by atoms with Crippen molar-refractivity contribution in [2.45, 2.75) is 33.4 Å². The van der Waals surface area contributed by atoms with Gasteiger partial charge < -0.3 is 14.2 Å². The number of amides is 1. The summed E-state index contributed by atoms with van der Waals surface area (Å²) in [7, 11) is 1.69. The Balaban J connectivity index is 1.64. The van der Waals surface area contributed by atoms with Crippen molar-refractivity contribution in [2.75, 3.05) is 7.05 Å². The summed E-state index contributed by atoms with van der Waals surface area (Å²) < 4.78 is 11.1. The molecule has 0 bridgehead atoms. The molecule has 1 amide bonds. The van der Waals surface area contributed by atoms with Gasteiger partial charge in [-0.05, 0) is 38.5 Å². The summed E-state index contributed by atoms with van der Waals surface area (Å²) in [6.45, 7) is 5.91. The van der Waals surface area contributed by atoms with E-state index >= 15 is 0 Å². The largest absolute Gasteiger partial charge is 0.481 e. The van der Waals surface area contributed by atoms with Crippen molar-refractivity contribution < 1.29 is 14.1 Å². The summed E-state index contributed by atoms with van der Waals surface area (Å²) in [6.07, 6.45) is -0.615. The molecule has 2 aromatic carbocycles. The number of carbonyl (C=O) groups is 1. The summed E-state index contributed by atoms with van der Waals surface area (Å²) in [5.74, 6) is 1.43. The van der Waals surface area contributed by atoms with E-state index in [1.807, 2.05) is 62.4 Å². The van der Waals surface area contributed by atoms with Gasteiger partial charge in [0.25, 0.3) is 5.91 Å². The molecule has 0 saturated carbocycles. The van der Waals surface area contributed by atoms with Crippen LogP contribution in [0, 0.1) is 13.8 Å². The molecule has 0 radical (unpaired) electrons. The quantitative estimate of drug-likeness (QED) is 0.665. The lowest BCUT2D eigenvalue weighted by Crippen LogP contribution is -2.37. The molecule has 1 atom stereocenters. The molecule has 0 saturated heterocycles. The number of hydrogen-bond donors (Lipinski definition) is 0. The highest BCUT2D eigenvalue weighted by atomic mass is 16.5. The van der Waals surface area contributed by atoms with Gasteiger partial charge in [-0.2, -0.15) is 4.98 Å². The maximum absolute atomic E-state index is 12.6. The Morgan fingerprint density at radius 2 is 1.96 bits per heavy atom. The highest BCUT2D eigenvalue weighted by Crippen LogP contribution is 2.19. The van der Waals surface area contributed by atoms with E-state index in [1.54, 1.807) is 14.0 Å². The lowest BCUT2D eigenvalue weighted by atomic mass is 10.1. The molecular weight excluding hydrogens is 342 g/mol. The van der Waals surface area contributed by atoms with Crippen molar-refractivity contribution in [2.24, 2.45) is 0 Å². The van der Waals surface area contributed by atoms with Crippen LogP contribution in [0.2, 0.25) is 0 Å². The second-order valence-electron chi connectivity index (χ2n) is 6.60. The zero-order valence-corrected chi connectivity index (χ0v) is 16.0. The zero-order chi connectivity index (χ0) is 19.4. The highest BCUT2D eigenvalue weighted by molar-refractivity contribution is 5.80. The minimum absolute atomic E-state index is 0.159. The van der Waals surface area contributed by atoms with E-state index in [4.69, 9.17) is 9.26 Å². The standard InChI is InChI=1S/C21H23N3O3/c1-14-8-7-10-17(12-14)20-22-19(27-23-20)13-24(4)21(25)16(3)26-18-11-6-5-9-15(18)2/h5-12,16H,13H2,1-4H3. The minimum atomic E-state index is -0.615. The Labute approximate surface area is 158 Å². The van der Waals surface area contributed by atoms with Gasteiger partial charge in [-0.3, -0.25) is 4.79 Å². The third-order valence-corrected chi connectivity index (χ3v) is 4.24. The van der Waals surface area contributed by atoms with Gasteiger partial charge in [0.1, 0.15) is 5.75 Å². The maximum Gasteiger partial charge on any atom is 0.263 e. The summed E-state index contributed by atoms with van der Waals surface area (Å²) in [5.41, 5.74) is 2.99. The number of nitrogens with zero attached hydrogens (tertiary/aromatic N) is 3. The molecule has 0 aliphatic rings. The third-order valence-electron chi connectivity index (χ3n) is 4.24. The number of carbonyl (C=O) groups excluding carboxylic acids is 1. The van der Waals surface area contributed by atoms with Crippen molar-refractivity contribution in [1.82, 2.24) is 15.0 Å². The van der Waals surface area contributed by atoms with Gasteiger partial charge in [-0.15, -0.1) is 0 Å². The van der Waals surface area contributed by atoms with Crippen molar-refractivity contribution in [3.63, 3.8) is 0 Å². The lowest BCUT2D eigenvalue weighted by molar-refractivity contribution is -0.137. The summed E-state index contributed by atoms with van der Waals surface area (Å²) in [6, 6.07) is 15.5. The summed E-state index contributed by atoms with van der Waals surface area (Å²) >= 11 is 0. The number of aromatic nitrogens is 2. The van der Waals surface area contributed by atoms with Crippen LogP contribution >= 0.6 is 0 Å². The van der Waals surface area contributed by atoms with E-state index in [0.717, 1.165) is 16.7 Å². The molecule has 0 fully saturated rings. The molecule has 140 valence electrons. The molecule has 6 heteroatoms. The second kappa shape index (κ2) is 8.03. The lowest BCUT2D eigenvalue weighted by Gasteiger charge is -2.21. The molecule has 0 spiro atoms. The fourth-order valence-corrected chi connectivity index (χ4v) is 2.74. The van der Waals surface area contributed by atoms with E-state index in [0.29, 0.717) is 17.5 Å². The first kappa shape index (κ1) is 18.6. The molecule has 1 unspecified atom stereocenters. The summed E-state index contributed by atoms with van der Waals surface area (Å²) in [4.78, 5) is 18.5. The smallest absolute Gasteiger partial charge is 0.263 e. The SMILES string of the molecule is Cc1cccc(-c2noc(CN(C)C(=O)C(C)Oc3ccccc3C)n2)c1. The monoisotopic (exact) mass is 365 g/mol. The molecule has 3 aromatic rings. The Morgan fingerprint density at radius 1 is 1.19 bits per heavy atom. The number of para-hydroxylation sites is 1. The zero-order valence-electron chi connectivity index (χ0n) is 16.0. The molecule has 0 aliphatic carbocycles. The number of benzene rings is 2. The van der Waals surface area contributed by atoms with E-state index in [-0.39, 0.29) is 12.5 Å². The minimum Gasteiger partial charge on any atom is -0.481 e. The van der Waals surface area contributed by atoms with Gasteiger partial charge in [-0.25, -0.2) is 0 Å². The van der Waals surface area contributed by atoms with E-state index in [1.165, 1.54) is 4.90 Å². The first-order chi connectivity index (χ1) is 12.9. The van der Waals surface area contributed by atoms with Crippen LogP contribution in [0.3, 0.4) is 0 Å². The van der Waals surface area contributed by atoms with E-state index in [9.17, 15) is 4.79 Å². The van der Waals surface area contributed by atoms with Crippen LogP contribution in [0.5, 0.6) is 5.75 Å². The third kappa shape index (κ3) is 4.53. The van der Waals surface area contributed by atoms with Crippen LogP contribution < -0.4 is 4.74 Å². The topological polar surface area (TPSA) is 68.5 Å². The predicted octanol–water partition coefficient (Wildman–Crippen LogP) is 3.78. The van der Waals surface area contributed by atoms with Crippen LogP contribution in [-0.4, -0.2) is 34.1 Å². The van der Waals surface area contributed by atoms with Crippen LogP contribution in [-0.2, 0) is 11.3 Å². The number of hydrogen-bond acceptors (Lipinski definition) is 5. The van der Waals surface area contributed by atoms with Crippen molar-refractivity contribution in [3.05, 3.63) is 65.5 Å². The van der Waals surface area contributed by atoms with Gasteiger partial charge in [0.05, 0.1) is 6.54 Å².